The molecule has 0 saturated carbocycles. The summed E-state index contributed by atoms with van der Waals surface area (Å²) in [6, 6.07) is 0. The van der Waals surface area contributed by atoms with E-state index >= 15 is 0 Å². The molecule has 2 unspecified atom stereocenters. The molecule has 0 fully saturated rings. The molecule has 2 atom stereocenters. The second-order valence-corrected chi connectivity index (χ2v) is 11.3. The van der Waals surface area contributed by atoms with E-state index in [-0.39, 0.29) is 11.3 Å². The van der Waals surface area contributed by atoms with Gasteiger partial charge in [-0.2, -0.15) is 0 Å². The lowest BCUT2D eigenvalue weighted by atomic mass is 10.4. The minimum Gasteiger partial charge on any atom is -0.376 e. The van der Waals surface area contributed by atoms with E-state index in [1.165, 1.54) is 0 Å². The van der Waals surface area contributed by atoms with E-state index in [0.29, 0.717) is 13.1 Å². The van der Waals surface area contributed by atoms with Crippen LogP contribution in [0.5, 0.6) is 0 Å². The van der Waals surface area contributed by atoms with Crippen LogP contribution >= 0.6 is 0 Å². The van der Waals surface area contributed by atoms with E-state index in [2.05, 4.69) is 4.90 Å². The van der Waals surface area contributed by atoms with Crippen molar-refractivity contribution in [2.24, 2.45) is 5.73 Å². The molecule has 0 aromatic rings. The van der Waals surface area contributed by atoms with Crippen LogP contribution in [0.4, 0.5) is 0 Å². The zero-order valence-corrected chi connectivity index (χ0v) is 17.0. The molecule has 0 radical (unpaired) electrons. The van der Waals surface area contributed by atoms with Crippen molar-refractivity contribution in [1.29, 1.82) is 0 Å². The molecule has 0 aromatic heterocycles. The monoisotopic (exact) mass is 356 g/mol. The summed E-state index contributed by atoms with van der Waals surface area (Å²) < 4.78 is 33.6. The molecule has 0 saturated heterocycles. The van der Waals surface area contributed by atoms with Gasteiger partial charge in [-0.1, -0.05) is 0 Å². The van der Waals surface area contributed by atoms with Crippen molar-refractivity contribution in [3.05, 3.63) is 0 Å². The Morgan fingerprint density at radius 2 is 1.00 bits per heavy atom. The molecule has 22 heavy (non-hydrogen) atoms. The van der Waals surface area contributed by atoms with E-state index in [4.69, 9.17) is 32.3 Å². The smallest absolute Gasteiger partial charge is 0.376 e. The normalized spacial score (nSPS) is 16.1. The SMILES string of the molecule is CO[Si](OC)(OC)C(C)N(CCN)C(C)[Si](OC)(OC)OC. The molecule has 2 N–H and O–H groups in total. The second kappa shape index (κ2) is 10.1. The fourth-order valence-corrected chi connectivity index (χ4v) is 7.51. The van der Waals surface area contributed by atoms with Crippen LogP contribution < -0.4 is 5.73 Å². The summed E-state index contributed by atoms with van der Waals surface area (Å²) in [5, 5.41) is 0. The van der Waals surface area contributed by atoms with Crippen LogP contribution in [0, 0.1) is 0 Å². The highest BCUT2D eigenvalue weighted by molar-refractivity contribution is 6.64. The Kier molecular flexibility index (Phi) is 10.1. The molecular weight excluding hydrogens is 324 g/mol. The summed E-state index contributed by atoms with van der Waals surface area (Å²) in [5.74, 6) is 0. The summed E-state index contributed by atoms with van der Waals surface area (Å²) in [5.41, 5.74) is 5.50. The van der Waals surface area contributed by atoms with Crippen LogP contribution in [0.1, 0.15) is 13.8 Å². The molecule has 134 valence electrons. The first-order valence-electron chi connectivity index (χ1n) is 7.15. The molecule has 0 spiro atoms. The van der Waals surface area contributed by atoms with Crippen molar-refractivity contribution >= 4 is 17.6 Å². The second-order valence-electron chi connectivity index (χ2n) is 4.81. The number of nitrogens with zero attached hydrogens (tertiary/aromatic N) is 1. The summed E-state index contributed by atoms with van der Waals surface area (Å²) in [6.45, 7) is 5.07. The molecule has 0 aliphatic carbocycles. The maximum atomic E-state index is 5.78. The average molecular weight is 357 g/mol. The van der Waals surface area contributed by atoms with Gasteiger partial charge in [-0.3, -0.25) is 4.90 Å². The minimum atomic E-state index is -2.88. The van der Waals surface area contributed by atoms with E-state index in [1.54, 1.807) is 42.7 Å². The van der Waals surface area contributed by atoms with Crippen LogP contribution in [0.2, 0.25) is 0 Å². The van der Waals surface area contributed by atoms with Crippen molar-refractivity contribution in [1.82, 2.24) is 4.90 Å². The van der Waals surface area contributed by atoms with Crippen LogP contribution in [-0.4, -0.2) is 89.6 Å². The zero-order chi connectivity index (χ0) is 17.4. The number of rotatable bonds is 12. The molecule has 0 amide bonds. The third kappa shape index (κ3) is 4.35. The lowest BCUT2D eigenvalue weighted by Gasteiger charge is -2.44. The third-order valence-corrected chi connectivity index (χ3v) is 10.2. The molecule has 0 bridgehead atoms. The highest BCUT2D eigenvalue weighted by Crippen LogP contribution is 2.24. The summed E-state index contributed by atoms with van der Waals surface area (Å²) in [4.78, 5) is 2.12. The van der Waals surface area contributed by atoms with Gasteiger partial charge in [-0.05, 0) is 13.8 Å². The molecule has 10 heteroatoms. The molecule has 0 rings (SSSR count). The molecule has 8 nitrogen and oxygen atoms in total. The van der Waals surface area contributed by atoms with Gasteiger partial charge in [0, 0.05) is 55.7 Å². The minimum absolute atomic E-state index is 0.140. The Labute approximate surface area is 136 Å². The lowest BCUT2D eigenvalue weighted by Crippen LogP contribution is -2.69. The average Bonchev–Trinajstić information content (AvgIpc) is 2.56. The standard InChI is InChI=1S/C12H32N2O6Si2/c1-11(21(15-3,16-4)17-5)14(10-9-13)12(2)22(18-6,19-7)20-8/h11-12H,9-10,13H2,1-8H3. The number of hydrogen-bond acceptors (Lipinski definition) is 8. The molecule has 0 aliphatic rings. The quantitative estimate of drug-likeness (QED) is 0.484. The van der Waals surface area contributed by atoms with Gasteiger partial charge in [0.25, 0.3) is 0 Å². The lowest BCUT2D eigenvalue weighted by molar-refractivity contribution is 0.0455. The Hall–Kier alpha value is 0.114. The van der Waals surface area contributed by atoms with Gasteiger partial charge in [-0.15, -0.1) is 0 Å². The fourth-order valence-electron chi connectivity index (χ4n) is 2.80. The topological polar surface area (TPSA) is 84.6 Å². The first-order valence-corrected chi connectivity index (χ1v) is 10.8. The van der Waals surface area contributed by atoms with Crippen molar-refractivity contribution in [3.63, 3.8) is 0 Å². The zero-order valence-electron chi connectivity index (χ0n) is 15.0. The van der Waals surface area contributed by atoms with Gasteiger partial charge in [0.2, 0.25) is 0 Å². The van der Waals surface area contributed by atoms with Crippen molar-refractivity contribution in [2.45, 2.75) is 25.2 Å². The molecular formula is C12H32N2O6Si2. The van der Waals surface area contributed by atoms with E-state index in [9.17, 15) is 0 Å². The highest BCUT2D eigenvalue weighted by Gasteiger charge is 2.55. The number of nitrogens with two attached hydrogens (primary N) is 1. The maximum Gasteiger partial charge on any atom is 0.517 e. The predicted molar refractivity (Wildman–Crippen MR) is 88.2 cm³/mol. The maximum absolute atomic E-state index is 5.78. The predicted octanol–water partition coefficient (Wildman–Crippen LogP) is -0.141. The van der Waals surface area contributed by atoms with E-state index < -0.39 is 17.6 Å². The summed E-state index contributed by atoms with van der Waals surface area (Å²) in [7, 11) is 3.80. The summed E-state index contributed by atoms with van der Waals surface area (Å²) >= 11 is 0. The Balaban J connectivity index is 5.61. The van der Waals surface area contributed by atoms with Crippen molar-refractivity contribution in [3.8, 4) is 0 Å². The van der Waals surface area contributed by atoms with Gasteiger partial charge in [0.15, 0.2) is 0 Å². The van der Waals surface area contributed by atoms with Crippen LogP contribution in [0.3, 0.4) is 0 Å². The third-order valence-electron chi connectivity index (χ3n) is 4.11. The molecule has 0 aliphatic heterocycles. The van der Waals surface area contributed by atoms with Gasteiger partial charge >= 0.3 is 17.6 Å². The van der Waals surface area contributed by atoms with Crippen molar-refractivity contribution in [2.75, 3.05) is 55.7 Å². The first kappa shape index (κ1) is 22.1. The molecule has 0 heterocycles. The van der Waals surface area contributed by atoms with Gasteiger partial charge in [0.05, 0.1) is 11.3 Å². The fraction of sp³-hybridized carbons (Fsp3) is 1.00. The van der Waals surface area contributed by atoms with Gasteiger partial charge in [-0.25, -0.2) is 0 Å². The highest BCUT2D eigenvalue weighted by atomic mass is 28.4. The van der Waals surface area contributed by atoms with Crippen LogP contribution in [-0.2, 0) is 26.6 Å². The Morgan fingerprint density at radius 1 is 0.727 bits per heavy atom. The number of hydrogen-bond donors (Lipinski definition) is 1. The Bertz CT molecular complexity index is 263. The van der Waals surface area contributed by atoms with Crippen LogP contribution in [0.15, 0.2) is 0 Å². The first-order chi connectivity index (χ1) is 10.4. The van der Waals surface area contributed by atoms with Crippen LogP contribution in [0.25, 0.3) is 0 Å². The van der Waals surface area contributed by atoms with Gasteiger partial charge in [0.1, 0.15) is 0 Å². The van der Waals surface area contributed by atoms with Crippen molar-refractivity contribution < 1.29 is 26.6 Å². The van der Waals surface area contributed by atoms with E-state index in [1.807, 2.05) is 13.8 Å². The molecule has 0 aromatic carbocycles. The van der Waals surface area contributed by atoms with E-state index in [0.717, 1.165) is 0 Å². The Morgan fingerprint density at radius 3 is 1.18 bits per heavy atom. The van der Waals surface area contributed by atoms with Gasteiger partial charge < -0.3 is 32.3 Å². The summed E-state index contributed by atoms with van der Waals surface area (Å²) in [6.07, 6.45) is 0. The largest absolute Gasteiger partial charge is 0.517 e.